The van der Waals surface area contributed by atoms with Crippen LogP contribution < -0.4 is 20.1 Å². The van der Waals surface area contributed by atoms with Crippen molar-refractivity contribution < 1.29 is 37.1 Å². The lowest BCUT2D eigenvalue weighted by atomic mass is 9.94. The van der Waals surface area contributed by atoms with Crippen molar-refractivity contribution >= 4 is 50.5 Å². The van der Waals surface area contributed by atoms with Gasteiger partial charge >= 0.3 is 0 Å². The first-order valence-corrected chi connectivity index (χ1v) is 22.8. The number of nitrogens with one attached hydrogen (secondary N) is 3. The van der Waals surface area contributed by atoms with Crippen molar-refractivity contribution in [2.45, 2.75) is 106 Å². The molecule has 15 nitrogen and oxygen atoms in total. The quantitative estimate of drug-likeness (QED) is 0.265. The number of ether oxygens (including phenoxy) is 1. The van der Waals surface area contributed by atoms with Crippen molar-refractivity contribution in [1.82, 2.24) is 35.1 Å². The molecule has 3 N–H and O–H groups in total. The summed E-state index contributed by atoms with van der Waals surface area (Å²) in [5, 5.41) is 5.89. The SMILES string of the molecule is COc1ccc2nc(-c3ccccn3)cc(C(=O)N[C@@H]3C[C@H]4C(=O)N[C@]5(C(=O)NS(=O)(=O)C6CC6)CC5/C=C\CCCCC[C@H](CC(=O)N5CCCCC5)C(=O)N4C3)c2c1. The maximum atomic E-state index is 14.8. The molecule has 318 valence electrons. The molecule has 2 aliphatic carbocycles. The summed E-state index contributed by atoms with van der Waals surface area (Å²) < 4.78 is 33.6. The Balaban J connectivity index is 1.11. The first kappa shape index (κ1) is 41.4. The predicted molar refractivity (Wildman–Crippen MR) is 223 cm³/mol. The number of benzene rings is 1. The Labute approximate surface area is 350 Å². The van der Waals surface area contributed by atoms with E-state index in [1.807, 2.05) is 23.1 Å². The van der Waals surface area contributed by atoms with Crippen LogP contribution in [0.4, 0.5) is 0 Å². The van der Waals surface area contributed by atoms with Gasteiger partial charge in [0.05, 0.1) is 34.8 Å². The topological polar surface area (TPSA) is 197 Å². The molecule has 60 heavy (non-hydrogen) atoms. The molecule has 5 amide bonds. The van der Waals surface area contributed by atoms with Crippen LogP contribution in [0.25, 0.3) is 22.3 Å². The average molecular weight is 840 g/mol. The fourth-order valence-electron chi connectivity index (χ4n) is 8.95. The number of sulfonamides is 1. The van der Waals surface area contributed by atoms with Crippen LogP contribution in [-0.2, 0) is 29.2 Å². The normalized spacial score (nSPS) is 26.8. The van der Waals surface area contributed by atoms with Gasteiger partial charge in [-0.2, -0.15) is 0 Å². The number of hydrogen-bond donors (Lipinski definition) is 3. The Hall–Kier alpha value is -5.38. The van der Waals surface area contributed by atoms with Crippen LogP contribution in [0.15, 0.2) is 60.8 Å². The number of piperidine rings is 1. The van der Waals surface area contributed by atoms with Gasteiger partial charge in [0.25, 0.3) is 11.8 Å². The van der Waals surface area contributed by atoms with E-state index in [2.05, 4.69) is 20.3 Å². The molecular formula is C44H53N7O8S. The summed E-state index contributed by atoms with van der Waals surface area (Å²) in [4.78, 5) is 83.8. The molecule has 16 heteroatoms. The molecule has 2 saturated heterocycles. The minimum absolute atomic E-state index is 0.00911. The van der Waals surface area contributed by atoms with E-state index in [1.165, 1.54) is 12.0 Å². The summed E-state index contributed by atoms with van der Waals surface area (Å²) in [6.07, 6.45) is 13.0. The first-order valence-electron chi connectivity index (χ1n) is 21.3. The molecule has 2 saturated carbocycles. The highest BCUT2D eigenvalue weighted by molar-refractivity contribution is 7.91. The van der Waals surface area contributed by atoms with Gasteiger partial charge in [-0.15, -0.1) is 0 Å². The lowest BCUT2D eigenvalue weighted by Crippen LogP contribution is -2.57. The van der Waals surface area contributed by atoms with Crippen LogP contribution in [0, 0.1) is 11.8 Å². The number of hydrogen-bond acceptors (Lipinski definition) is 10. The van der Waals surface area contributed by atoms with Crippen molar-refractivity contribution in [2.75, 3.05) is 26.7 Å². The fourth-order valence-corrected chi connectivity index (χ4v) is 10.3. The predicted octanol–water partition coefficient (Wildman–Crippen LogP) is 4.03. The Morgan fingerprint density at radius 2 is 1.77 bits per heavy atom. The number of likely N-dealkylation sites (tertiary alicyclic amines) is 1. The molecule has 0 radical (unpaired) electrons. The number of methoxy groups -OCH3 is 1. The van der Waals surface area contributed by atoms with Crippen molar-refractivity contribution in [1.29, 1.82) is 0 Å². The number of fused-ring (bicyclic) bond motifs is 3. The summed E-state index contributed by atoms with van der Waals surface area (Å²) >= 11 is 0. The van der Waals surface area contributed by atoms with Crippen LogP contribution in [0.1, 0.15) is 93.8 Å². The van der Waals surface area contributed by atoms with E-state index in [9.17, 15) is 32.4 Å². The summed E-state index contributed by atoms with van der Waals surface area (Å²) in [5.74, 6) is -2.93. The third-order valence-corrected chi connectivity index (χ3v) is 14.5. The van der Waals surface area contributed by atoms with Crippen LogP contribution in [-0.4, -0.2) is 107 Å². The number of aromatic nitrogens is 2. The van der Waals surface area contributed by atoms with Gasteiger partial charge < -0.3 is 25.2 Å². The molecule has 8 rings (SSSR count). The van der Waals surface area contributed by atoms with Gasteiger partial charge in [-0.05, 0) is 101 Å². The van der Waals surface area contributed by atoms with Gasteiger partial charge in [-0.3, -0.25) is 33.7 Å². The second-order valence-electron chi connectivity index (χ2n) is 16.9. The number of allylic oxidation sites excluding steroid dienone is 1. The monoisotopic (exact) mass is 839 g/mol. The van der Waals surface area contributed by atoms with E-state index in [0.29, 0.717) is 78.8 Å². The molecule has 3 aliphatic heterocycles. The van der Waals surface area contributed by atoms with E-state index in [1.54, 1.807) is 42.6 Å². The van der Waals surface area contributed by atoms with E-state index in [0.717, 1.165) is 32.1 Å². The highest BCUT2D eigenvalue weighted by Gasteiger charge is 2.62. The van der Waals surface area contributed by atoms with Gasteiger partial charge in [0.15, 0.2) is 0 Å². The smallest absolute Gasteiger partial charge is 0.259 e. The summed E-state index contributed by atoms with van der Waals surface area (Å²) in [5.41, 5.74) is 0.365. The van der Waals surface area contributed by atoms with Crippen molar-refractivity contribution in [3.05, 3.63) is 66.4 Å². The van der Waals surface area contributed by atoms with E-state index in [4.69, 9.17) is 9.72 Å². The molecule has 0 spiro atoms. The number of pyridine rings is 2. The zero-order valence-corrected chi connectivity index (χ0v) is 34.8. The van der Waals surface area contributed by atoms with E-state index < -0.39 is 62.5 Å². The summed E-state index contributed by atoms with van der Waals surface area (Å²) in [7, 11) is -2.38. The Kier molecular flexibility index (Phi) is 11.9. The van der Waals surface area contributed by atoms with Crippen LogP contribution in [0.3, 0.4) is 0 Å². The maximum absolute atomic E-state index is 14.8. The Morgan fingerprint density at radius 1 is 0.967 bits per heavy atom. The average Bonchev–Trinajstić information content (AvgIpc) is 4.19. The van der Waals surface area contributed by atoms with Crippen LogP contribution in [0.2, 0.25) is 0 Å². The highest BCUT2D eigenvalue weighted by atomic mass is 32.2. The molecule has 4 fully saturated rings. The second-order valence-corrected chi connectivity index (χ2v) is 18.9. The molecule has 5 aliphatic rings. The van der Waals surface area contributed by atoms with Crippen molar-refractivity contribution in [3.8, 4) is 17.1 Å². The lowest BCUT2D eigenvalue weighted by Gasteiger charge is -2.31. The second kappa shape index (κ2) is 17.3. The molecular weight excluding hydrogens is 787 g/mol. The van der Waals surface area contributed by atoms with Crippen LogP contribution in [0.5, 0.6) is 5.75 Å². The van der Waals surface area contributed by atoms with Crippen molar-refractivity contribution in [3.63, 3.8) is 0 Å². The Morgan fingerprint density at radius 3 is 2.52 bits per heavy atom. The largest absolute Gasteiger partial charge is 0.497 e. The lowest BCUT2D eigenvalue weighted by molar-refractivity contribution is -0.145. The molecule has 2 aromatic heterocycles. The first-order chi connectivity index (χ1) is 29.0. The number of carbonyl (C=O) groups excluding carboxylic acids is 5. The zero-order valence-electron chi connectivity index (χ0n) is 33.9. The van der Waals surface area contributed by atoms with E-state index >= 15 is 0 Å². The standard InChI is InChI=1S/C44H53N7O8S/c1-59-31-15-18-35-33(24-31)34(25-37(47-35)36-14-8-9-19-45-36)40(53)46-30-23-38-41(54)48-44(43(56)49-60(57,58)32-16-17-32)26-29(44)13-7-4-2-3-6-12-28(42(55)51(38)27-30)22-39(52)50-20-10-5-11-21-50/h7-9,13-15,18-19,24-25,28-30,32,38H,2-6,10-12,16-17,20-23,26-27H2,1H3,(H,46,53)(H,48,54)(H,49,56)/b13-7-/t28-,29?,30-,38+,44-/m1/s1. The summed E-state index contributed by atoms with van der Waals surface area (Å²) in [6, 6.07) is 10.5. The fraction of sp³-hybridized carbons (Fsp3) is 0.523. The molecule has 1 unspecified atom stereocenters. The molecule has 0 bridgehead atoms. The number of nitrogens with zero attached hydrogens (tertiary/aromatic N) is 4. The molecule has 5 heterocycles. The summed E-state index contributed by atoms with van der Waals surface area (Å²) in [6.45, 7) is 1.28. The third kappa shape index (κ3) is 8.89. The minimum atomic E-state index is -3.91. The van der Waals surface area contributed by atoms with Crippen LogP contribution >= 0.6 is 0 Å². The van der Waals surface area contributed by atoms with Gasteiger partial charge in [-0.1, -0.05) is 31.1 Å². The number of carbonyl (C=O) groups is 5. The van der Waals surface area contributed by atoms with Crippen molar-refractivity contribution in [2.24, 2.45) is 11.8 Å². The van der Waals surface area contributed by atoms with Gasteiger partial charge in [0.2, 0.25) is 27.7 Å². The number of rotatable bonds is 9. The molecule has 1 aromatic carbocycles. The van der Waals surface area contributed by atoms with Gasteiger partial charge in [-0.25, -0.2) is 13.4 Å². The highest BCUT2D eigenvalue weighted by Crippen LogP contribution is 2.46. The molecule has 3 aromatic rings. The van der Waals surface area contributed by atoms with E-state index in [-0.39, 0.29) is 37.6 Å². The van der Waals surface area contributed by atoms with Gasteiger partial charge in [0.1, 0.15) is 17.3 Å². The Bertz CT molecular complexity index is 2300. The zero-order chi connectivity index (χ0) is 42.0. The molecule has 5 atom stereocenters. The van der Waals surface area contributed by atoms with Gasteiger partial charge in [0, 0.05) is 55.5 Å². The maximum Gasteiger partial charge on any atom is 0.259 e. The minimum Gasteiger partial charge on any atom is -0.497 e. The third-order valence-electron chi connectivity index (χ3n) is 12.6. The number of amides is 5.